The summed E-state index contributed by atoms with van der Waals surface area (Å²) >= 11 is 1.80. The van der Waals surface area contributed by atoms with E-state index in [0.717, 1.165) is 62.9 Å². The molecule has 1 amide bonds. The molecule has 9 heteroatoms. The Morgan fingerprint density at radius 3 is 2.50 bits per heavy atom. The van der Waals surface area contributed by atoms with E-state index in [1.165, 1.54) is 0 Å². The van der Waals surface area contributed by atoms with Crippen LogP contribution in [0.25, 0.3) is 0 Å². The Bertz CT molecular complexity index is 557. The van der Waals surface area contributed by atoms with Gasteiger partial charge >= 0.3 is 6.09 Å². The van der Waals surface area contributed by atoms with Crippen LogP contribution < -0.4 is 5.32 Å². The molecule has 2 aliphatic heterocycles. The maximum absolute atomic E-state index is 12.4. The fourth-order valence-electron chi connectivity index (χ4n) is 3.67. The molecule has 2 N–H and O–H groups in total. The number of hydrogen-bond donors (Lipinski definition) is 2. The molecular weight excluding hydrogens is 515 g/mol. The molecule has 2 aliphatic rings. The van der Waals surface area contributed by atoms with Gasteiger partial charge in [0, 0.05) is 38.5 Å². The van der Waals surface area contributed by atoms with Gasteiger partial charge in [0.05, 0.1) is 12.1 Å². The molecule has 1 atom stereocenters. The molecule has 2 saturated heterocycles. The number of rotatable bonds is 6. The number of nitrogens with one attached hydrogen (secondary N) is 1. The van der Waals surface area contributed by atoms with E-state index < -0.39 is 11.2 Å². The van der Waals surface area contributed by atoms with E-state index in [9.17, 15) is 9.90 Å². The predicted octanol–water partition coefficient (Wildman–Crippen LogP) is 3.41. The molecule has 176 valence electrons. The largest absolute Gasteiger partial charge is 0.444 e. The third-order valence-electron chi connectivity index (χ3n) is 5.37. The molecule has 0 saturated carbocycles. The summed E-state index contributed by atoms with van der Waals surface area (Å²) in [7, 11) is 0. The van der Waals surface area contributed by atoms with Gasteiger partial charge in [0.1, 0.15) is 5.60 Å². The van der Waals surface area contributed by atoms with Crippen LogP contribution in [-0.2, 0) is 4.74 Å². The van der Waals surface area contributed by atoms with Crippen molar-refractivity contribution in [2.24, 2.45) is 10.9 Å². The van der Waals surface area contributed by atoms with Crippen molar-refractivity contribution in [1.29, 1.82) is 0 Å². The van der Waals surface area contributed by atoms with Crippen LogP contribution in [0.3, 0.4) is 0 Å². The van der Waals surface area contributed by atoms with Crippen LogP contribution in [-0.4, -0.2) is 88.9 Å². The first-order valence-electron chi connectivity index (χ1n) is 11.0. The third kappa shape index (κ3) is 8.98. The van der Waals surface area contributed by atoms with E-state index in [4.69, 9.17) is 9.73 Å². The van der Waals surface area contributed by atoms with Gasteiger partial charge in [0.15, 0.2) is 5.96 Å². The van der Waals surface area contributed by atoms with E-state index in [-0.39, 0.29) is 30.1 Å². The quantitative estimate of drug-likeness (QED) is 0.297. The molecular formula is C21H41IN4O3S. The maximum atomic E-state index is 12.4. The van der Waals surface area contributed by atoms with Gasteiger partial charge in [-0.25, -0.2) is 4.79 Å². The standard InChI is InChI=1S/C21H40N4O3S.HI/c1-6-22-18(23-15-21(27)10-13-29-16-21)25-11-8-17(9-12-25)14-24(7-2)19(26)28-20(3,4)5;/h17,27H,6-16H2,1-5H3,(H,22,23);1H. The number of aliphatic hydroxyl groups is 1. The number of piperidine rings is 1. The smallest absolute Gasteiger partial charge is 0.410 e. The van der Waals surface area contributed by atoms with Gasteiger partial charge in [-0.15, -0.1) is 24.0 Å². The SMILES string of the molecule is CCNC(=NCC1(O)CCSC1)N1CCC(CN(CC)C(=O)OC(C)(C)C)CC1.I. The Hall–Kier alpha value is -0.420. The summed E-state index contributed by atoms with van der Waals surface area (Å²) in [5.41, 5.74) is -1.12. The highest BCUT2D eigenvalue weighted by atomic mass is 127. The van der Waals surface area contributed by atoms with Crippen molar-refractivity contribution in [2.45, 2.75) is 65.1 Å². The molecule has 0 radical (unpaired) electrons. The normalized spacial score (nSPS) is 23.1. The van der Waals surface area contributed by atoms with Gasteiger partial charge < -0.3 is 25.0 Å². The van der Waals surface area contributed by atoms with Crippen molar-refractivity contribution in [2.75, 3.05) is 50.8 Å². The minimum atomic E-state index is -0.654. The number of ether oxygens (including phenoxy) is 1. The third-order valence-corrected chi connectivity index (χ3v) is 6.60. The highest BCUT2D eigenvalue weighted by molar-refractivity contribution is 14.0. The highest BCUT2D eigenvalue weighted by Gasteiger charge is 2.32. The number of halogens is 1. The van der Waals surface area contributed by atoms with Crippen LogP contribution in [0.5, 0.6) is 0 Å². The summed E-state index contributed by atoms with van der Waals surface area (Å²) in [5.74, 6) is 3.16. The maximum Gasteiger partial charge on any atom is 0.410 e. The number of nitrogens with zero attached hydrogens (tertiary/aromatic N) is 3. The summed E-state index contributed by atoms with van der Waals surface area (Å²) in [6.07, 6.45) is 2.63. The fraction of sp³-hybridized carbons (Fsp3) is 0.905. The number of thioether (sulfide) groups is 1. The molecule has 2 heterocycles. The number of likely N-dealkylation sites (tertiary alicyclic amines) is 1. The van der Waals surface area contributed by atoms with E-state index >= 15 is 0 Å². The molecule has 0 aromatic rings. The van der Waals surface area contributed by atoms with Crippen molar-refractivity contribution in [3.8, 4) is 0 Å². The average Bonchev–Trinajstić information content (AvgIpc) is 3.09. The van der Waals surface area contributed by atoms with Crippen LogP contribution in [0, 0.1) is 5.92 Å². The second kappa shape index (κ2) is 12.6. The molecule has 2 fully saturated rings. The first-order valence-corrected chi connectivity index (χ1v) is 12.1. The number of hydrogen-bond acceptors (Lipinski definition) is 5. The minimum Gasteiger partial charge on any atom is -0.444 e. The molecule has 7 nitrogen and oxygen atoms in total. The van der Waals surface area contributed by atoms with Crippen LogP contribution in [0.4, 0.5) is 4.79 Å². The van der Waals surface area contributed by atoms with Crippen LogP contribution in [0.15, 0.2) is 4.99 Å². The van der Waals surface area contributed by atoms with Crippen molar-refractivity contribution >= 4 is 47.8 Å². The molecule has 0 aliphatic carbocycles. The van der Waals surface area contributed by atoms with Crippen LogP contribution in [0.1, 0.15) is 53.9 Å². The summed E-state index contributed by atoms with van der Waals surface area (Å²) in [6, 6.07) is 0. The number of aliphatic imine (C=N–C) groups is 1. The Morgan fingerprint density at radius 1 is 1.33 bits per heavy atom. The minimum absolute atomic E-state index is 0. The predicted molar refractivity (Wildman–Crippen MR) is 136 cm³/mol. The highest BCUT2D eigenvalue weighted by Crippen LogP contribution is 2.28. The number of amides is 1. The fourth-order valence-corrected chi connectivity index (χ4v) is 4.95. The van der Waals surface area contributed by atoms with E-state index in [1.54, 1.807) is 11.8 Å². The van der Waals surface area contributed by atoms with Crippen LogP contribution in [0.2, 0.25) is 0 Å². The Labute approximate surface area is 203 Å². The lowest BCUT2D eigenvalue weighted by Gasteiger charge is -2.36. The summed E-state index contributed by atoms with van der Waals surface area (Å²) in [6.45, 7) is 14.3. The lowest BCUT2D eigenvalue weighted by molar-refractivity contribution is 0.0214. The number of carbonyl (C=O) groups is 1. The van der Waals surface area contributed by atoms with Gasteiger partial charge in [0.2, 0.25) is 0 Å². The van der Waals surface area contributed by atoms with Crippen molar-refractivity contribution in [3.05, 3.63) is 0 Å². The molecule has 0 aromatic heterocycles. The first-order chi connectivity index (χ1) is 13.7. The Morgan fingerprint density at radius 2 is 2.00 bits per heavy atom. The molecule has 30 heavy (non-hydrogen) atoms. The van der Waals surface area contributed by atoms with E-state index in [2.05, 4.69) is 17.1 Å². The summed E-state index contributed by atoms with van der Waals surface area (Å²) in [5, 5.41) is 14.0. The molecule has 0 aromatic carbocycles. The van der Waals surface area contributed by atoms with Gasteiger partial charge in [-0.3, -0.25) is 4.99 Å². The molecule has 1 unspecified atom stereocenters. The van der Waals surface area contributed by atoms with Gasteiger partial charge in [-0.05, 0) is 65.6 Å². The van der Waals surface area contributed by atoms with E-state index in [0.29, 0.717) is 19.0 Å². The summed E-state index contributed by atoms with van der Waals surface area (Å²) < 4.78 is 5.54. The molecule has 0 bridgehead atoms. The summed E-state index contributed by atoms with van der Waals surface area (Å²) in [4.78, 5) is 21.3. The zero-order valence-electron chi connectivity index (χ0n) is 19.3. The Kier molecular flexibility index (Phi) is 11.6. The number of guanidine groups is 1. The first kappa shape index (κ1) is 27.6. The lowest BCUT2D eigenvalue weighted by Crippen LogP contribution is -2.48. The Balaban J connectivity index is 0.00000450. The molecule has 2 rings (SSSR count). The average molecular weight is 557 g/mol. The van der Waals surface area contributed by atoms with Crippen molar-refractivity contribution < 1.29 is 14.6 Å². The molecule has 0 spiro atoms. The monoisotopic (exact) mass is 556 g/mol. The second-order valence-electron chi connectivity index (χ2n) is 9.15. The second-order valence-corrected chi connectivity index (χ2v) is 10.3. The zero-order valence-corrected chi connectivity index (χ0v) is 22.4. The topological polar surface area (TPSA) is 77.4 Å². The number of carbonyl (C=O) groups excluding carboxylic acids is 1. The van der Waals surface area contributed by atoms with Crippen molar-refractivity contribution in [3.63, 3.8) is 0 Å². The lowest BCUT2D eigenvalue weighted by atomic mass is 9.96. The van der Waals surface area contributed by atoms with Gasteiger partial charge in [-0.1, -0.05) is 0 Å². The zero-order chi connectivity index (χ0) is 21.5. The van der Waals surface area contributed by atoms with Crippen LogP contribution >= 0.6 is 35.7 Å². The van der Waals surface area contributed by atoms with Crippen molar-refractivity contribution in [1.82, 2.24) is 15.1 Å². The van der Waals surface area contributed by atoms with E-state index in [1.807, 2.05) is 32.6 Å². The van der Waals surface area contributed by atoms with Gasteiger partial charge in [0.25, 0.3) is 0 Å². The van der Waals surface area contributed by atoms with Gasteiger partial charge in [-0.2, -0.15) is 11.8 Å².